The number of halogens is 3. The molecule has 1 N–H and O–H groups in total. The van der Waals surface area contributed by atoms with Gasteiger partial charge in [0.1, 0.15) is 0 Å². The molecule has 0 aromatic carbocycles. The standard InChI is InChI=1S/C15H25F3N6O/c1-4-23(10-15(16,17)18)8-12-5-6-24(9-12)14(19-3)20-7-13-21-11(2)25-22-13/h12H,4-10H2,1-3H3,(H,19,20). The Balaban J connectivity index is 1.83. The molecule has 0 radical (unpaired) electrons. The second-order valence-electron chi connectivity index (χ2n) is 6.17. The number of nitrogens with one attached hydrogen (secondary N) is 1. The first-order chi connectivity index (χ1) is 11.8. The maximum Gasteiger partial charge on any atom is 0.401 e. The van der Waals surface area contributed by atoms with Crippen molar-refractivity contribution < 1.29 is 17.7 Å². The van der Waals surface area contributed by atoms with Gasteiger partial charge in [-0.1, -0.05) is 12.1 Å². The van der Waals surface area contributed by atoms with E-state index in [0.29, 0.717) is 43.9 Å². The average molecular weight is 362 g/mol. The summed E-state index contributed by atoms with van der Waals surface area (Å²) in [6, 6.07) is 0. The van der Waals surface area contributed by atoms with Gasteiger partial charge in [-0.15, -0.1) is 0 Å². The highest BCUT2D eigenvalue weighted by atomic mass is 19.4. The lowest BCUT2D eigenvalue weighted by atomic mass is 10.1. The number of hydrogen-bond donors (Lipinski definition) is 1. The molecule has 1 aromatic rings. The van der Waals surface area contributed by atoms with Crippen molar-refractivity contribution in [1.82, 2.24) is 25.3 Å². The van der Waals surface area contributed by atoms with Crippen LogP contribution in [0.1, 0.15) is 25.1 Å². The van der Waals surface area contributed by atoms with Gasteiger partial charge < -0.3 is 14.7 Å². The highest BCUT2D eigenvalue weighted by molar-refractivity contribution is 5.80. The fraction of sp³-hybridized carbons (Fsp3) is 0.800. The van der Waals surface area contributed by atoms with E-state index in [9.17, 15) is 13.2 Å². The van der Waals surface area contributed by atoms with Gasteiger partial charge in [-0.25, -0.2) is 0 Å². The summed E-state index contributed by atoms with van der Waals surface area (Å²) in [5.74, 6) is 1.92. The molecule has 0 amide bonds. The Hall–Kier alpha value is -1.84. The van der Waals surface area contributed by atoms with Crippen molar-refractivity contribution in [1.29, 1.82) is 0 Å². The predicted molar refractivity (Wildman–Crippen MR) is 87.1 cm³/mol. The van der Waals surface area contributed by atoms with Crippen molar-refractivity contribution in [2.45, 2.75) is 33.0 Å². The molecule has 1 atom stereocenters. The molecule has 0 bridgehead atoms. The molecule has 7 nitrogen and oxygen atoms in total. The summed E-state index contributed by atoms with van der Waals surface area (Å²) < 4.78 is 42.7. The van der Waals surface area contributed by atoms with Gasteiger partial charge in [0.2, 0.25) is 5.89 Å². The fourth-order valence-corrected chi connectivity index (χ4v) is 3.00. The Kier molecular flexibility index (Phi) is 6.63. The lowest BCUT2D eigenvalue weighted by Gasteiger charge is -2.26. The van der Waals surface area contributed by atoms with Crippen molar-refractivity contribution in [3.63, 3.8) is 0 Å². The van der Waals surface area contributed by atoms with Crippen LogP contribution in [0.2, 0.25) is 0 Å². The molecule has 2 heterocycles. The van der Waals surface area contributed by atoms with Gasteiger partial charge in [-0.3, -0.25) is 9.89 Å². The van der Waals surface area contributed by atoms with Crippen LogP contribution in [0.5, 0.6) is 0 Å². The van der Waals surface area contributed by atoms with Crippen molar-refractivity contribution in [3.05, 3.63) is 11.7 Å². The van der Waals surface area contributed by atoms with Crippen LogP contribution in [-0.2, 0) is 6.54 Å². The predicted octanol–water partition coefficient (Wildman–Crippen LogP) is 1.66. The summed E-state index contributed by atoms with van der Waals surface area (Å²) in [4.78, 5) is 11.9. The van der Waals surface area contributed by atoms with E-state index in [1.807, 2.05) is 0 Å². The Morgan fingerprint density at radius 2 is 2.24 bits per heavy atom. The first-order valence-corrected chi connectivity index (χ1v) is 8.34. The maximum atomic E-state index is 12.6. The van der Waals surface area contributed by atoms with E-state index in [2.05, 4.69) is 25.3 Å². The number of aryl methyl sites for hydroxylation is 1. The smallest absolute Gasteiger partial charge is 0.349 e. The monoisotopic (exact) mass is 362 g/mol. The highest BCUT2D eigenvalue weighted by Crippen LogP contribution is 2.21. The summed E-state index contributed by atoms with van der Waals surface area (Å²) in [5, 5.41) is 6.98. The van der Waals surface area contributed by atoms with Crippen LogP contribution in [0.15, 0.2) is 9.52 Å². The van der Waals surface area contributed by atoms with Crippen LogP contribution in [0.25, 0.3) is 0 Å². The minimum atomic E-state index is -4.16. The Labute approximate surface area is 145 Å². The minimum absolute atomic E-state index is 0.188. The number of aliphatic imine (C=N–C) groups is 1. The van der Waals surface area contributed by atoms with Gasteiger partial charge in [0.25, 0.3) is 0 Å². The van der Waals surface area contributed by atoms with Crippen LogP contribution in [0, 0.1) is 12.8 Å². The second kappa shape index (κ2) is 8.50. The van der Waals surface area contributed by atoms with E-state index in [1.54, 1.807) is 20.9 Å². The van der Waals surface area contributed by atoms with E-state index >= 15 is 0 Å². The van der Waals surface area contributed by atoms with Crippen molar-refractivity contribution >= 4 is 5.96 Å². The number of nitrogens with zero attached hydrogens (tertiary/aromatic N) is 5. The molecular formula is C15H25F3N6O. The average Bonchev–Trinajstić information content (AvgIpc) is 3.15. The molecule has 1 aromatic heterocycles. The Morgan fingerprint density at radius 1 is 1.48 bits per heavy atom. The number of guanidine groups is 1. The lowest BCUT2D eigenvalue weighted by molar-refractivity contribution is -0.146. The molecular weight excluding hydrogens is 337 g/mol. The minimum Gasteiger partial charge on any atom is -0.349 e. The van der Waals surface area contributed by atoms with Gasteiger partial charge >= 0.3 is 6.18 Å². The molecule has 1 aliphatic rings. The molecule has 25 heavy (non-hydrogen) atoms. The first kappa shape index (κ1) is 19.5. The van der Waals surface area contributed by atoms with Crippen LogP contribution in [0.3, 0.4) is 0 Å². The third-order valence-corrected chi connectivity index (χ3v) is 4.14. The normalized spacial score (nSPS) is 19.1. The molecule has 10 heteroatoms. The van der Waals surface area contributed by atoms with Crippen LogP contribution >= 0.6 is 0 Å². The van der Waals surface area contributed by atoms with Gasteiger partial charge in [-0.05, 0) is 18.9 Å². The van der Waals surface area contributed by atoms with Crippen molar-refractivity contribution in [2.75, 3.05) is 39.8 Å². The van der Waals surface area contributed by atoms with Crippen molar-refractivity contribution in [2.24, 2.45) is 10.9 Å². The molecule has 1 unspecified atom stereocenters. The van der Waals surface area contributed by atoms with Crippen LogP contribution in [-0.4, -0.2) is 71.8 Å². The Morgan fingerprint density at radius 3 is 2.80 bits per heavy atom. The molecule has 142 valence electrons. The van der Waals surface area contributed by atoms with E-state index < -0.39 is 12.7 Å². The zero-order valence-electron chi connectivity index (χ0n) is 14.8. The number of likely N-dealkylation sites (tertiary alicyclic amines) is 1. The zero-order valence-corrected chi connectivity index (χ0v) is 14.8. The number of hydrogen-bond acceptors (Lipinski definition) is 5. The van der Waals surface area contributed by atoms with Gasteiger partial charge in [0.05, 0.1) is 13.1 Å². The second-order valence-corrected chi connectivity index (χ2v) is 6.17. The number of alkyl halides is 3. The molecule has 2 rings (SSSR count). The van der Waals surface area contributed by atoms with Crippen LogP contribution in [0.4, 0.5) is 13.2 Å². The summed E-state index contributed by atoms with van der Waals surface area (Å²) in [6.07, 6.45) is -3.31. The van der Waals surface area contributed by atoms with Crippen molar-refractivity contribution in [3.8, 4) is 0 Å². The largest absolute Gasteiger partial charge is 0.401 e. The van der Waals surface area contributed by atoms with Gasteiger partial charge in [0.15, 0.2) is 11.8 Å². The third-order valence-electron chi connectivity index (χ3n) is 4.14. The molecule has 0 spiro atoms. The summed E-state index contributed by atoms with van der Waals surface area (Å²) in [5.41, 5.74) is 0. The third kappa shape index (κ3) is 6.18. The summed E-state index contributed by atoms with van der Waals surface area (Å²) >= 11 is 0. The topological polar surface area (TPSA) is 69.8 Å². The first-order valence-electron chi connectivity index (χ1n) is 8.34. The van der Waals surface area contributed by atoms with Crippen LogP contribution < -0.4 is 5.32 Å². The quantitative estimate of drug-likeness (QED) is 0.613. The number of rotatable bonds is 6. The Bertz CT molecular complexity index is 574. The zero-order chi connectivity index (χ0) is 18.4. The number of aromatic nitrogens is 2. The fourth-order valence-electron chi connectivity index (χ4n) is 3.00. The van der Waals surface area contributed by atoms with E-state index in [-0.39, 0.29) is 5.92 Å². The molecule has 1 fully saturated rings. The molecule has 1 aliphatic heterocycles. The van der Waals surface area contributed by atoms with E-state index in [4.69, 9.17) is 4.52 Å². The molecule has 0 saturated carbocycles. The van der Waals surface area contributed by atoms with Gasteiger partial charge in [-0.2, -0.15) is 18.2 Å². The molecule has 0 aliphatic carbocycles. The van der Waals surface area contributed by atoms with Gasteiger partial charge in [0, 0.05) is 33.6 Å². The molecule has 1 saturated heterocycles. The van der Waals surface area contributed by atoms with E-state index in [0.717, 1.165) is 13.0 Å². The maximum absolute atomic E-state index is 12.6. The summed E-state index contributed by atoms with van der Waals surface area (Å²) in [7, 11) is 1.68. The SMILES string of the molecule is CCN(CC1CCN(C(=NC)NCc2noc(C)n2)C1)CC(F)(F)F. The van der Waals surface area contributed by atoms with E-state index in [1.165, 1.54) is 4.90 Å². The highest BCUT2D eigenvalue weighted by Gasteiger charge is 2.33. The summed E-state index contributed by atoms with van der Waals surface area (Å²) in [6.45, 7) is 5.28. The lowest BCUT2D eigenvalue weighted by Crippen LogP contribution is -2.41.